The minimum atomic E-state index is 0. The molecule has 3 heterocycles. The van der Waals surface area contributed by atoms with E-state index in [-0.39, 0.29) is 21.1 Å². The van der Waals surface area contributed by atoms with E-state index in [1.54, 1.807) is 0 Å². The molecule has 5 nitrogen and oxygen atoms in total. The number of pyridine rings is 1. The third kappa shape index (κ3) is 6.49. The molecule has 0 saturated carbocycles. The van der Waals surface area contributed by atoms with E-state index in [0.29, 0.717) is 17.4 Å². The summed E-state index contributed by atoms with van der Waals surface area (Å²) >= 11 is 0. The Morgan fingerprint density at radius 1 is 0.812 bits per heavy atom. The zero-order valence-electron chi connectivity index (χ0n) is 28.4. The number of ether oxygens (including phenoxy) is 1. The molecule has 7 rings (SSSR count). The van der Waals surface area contributed by atoms with Crippen LogP contribution in [0.25, 0.3) is 44.4 Å². The van der Waals surface area contributed by atoms with Gasteiger partial charge in [-0.15, -0.1) is 35.7 Å². The Kier molecular flexibility index (Phi) is 9.71. The molecule has 0 unspecified atom stereocenters. The molecular formula is C42H40N4OPt. The molecular weight excluding hydrogens is 772 g/mol. The number of para-hydroxylation sites is 1. The number of nitrogens with zero attached hydrogens (tertiary/aromatic N) is 4. The van der Waals surface area contributed by atoms with Gasteiger partial charge in [0.05, 0.1) is 6.20 Å². The van der Waals surface area contributed by atoms with Crippen LogP contribution < -0.4 is 4.74 Å². The van der Waals surface area contributed by atoms with Crippen molar-refractivity contribution < 1.29 is 25.8 Å². The van der Waals surface area contributed by atoms with Gasteiger partial charge in [-0.25, -0.2) is 4.98 Å². The van der Waals surface area contributed by atoms with Crippen LogP contribution in [0, 0.1) is 31.9 Å². The number of rotatable bonds is 9. The van der Waals surface area contributed by atoms with E-state index in [2.05, 4.69) is 125 Å². The molecule has 0 aliphatic carbocycles. The minimum absolute atomic E-state index is 0. The van der Waals surface area contributed by atoms with Crippen molar-refractivity contribution >= 4 is 21.8 Å². The van der Waals surface area contributed by atoms with Gasteiger partial charge in [0.25, 0.3) is 0 Å². The number of aromatic nitrogens is 4. The predicted molar refractivity (Wildman–Crippen MR) is 192 cm³/mol. The molecule has 0 atom stereocenters. The summed E-state index contributed by atoms with van der Waals surface area (Å²) in [5.74, 6) is 2.61. The van der Waals surface area contributed by atoms with E-state index in [9.17, 15) is 0 Å². The third-order valence-corrected chi connectivity index (χ3v) is 8.77. The van der Waals surface area contributed by atoms with Gasteiger partial charge in [0.2, 0.25) is 0 Å². The summed E-state index contributed by atoms with van der Waals surface area (Å²) in [6.45, 7) is 13.2. The minimum Gasteiger partial charge on any atom is -0.509 e. The monoisotopic (exact) mass is 811 g/mol. The van der Waals surface area contributed by atoms with E-state index in [1.807, 2.05) is 29.2 Å². The second-order valence-electron chi connectivity index (χ2n) is 12.9. The van der Waals surface area contributed by atoms with Gasteiger partial charge in [-0.2, -0.15) is 16.7 Å². The van der Waals surface area contributed by atoms with Gasteiger partial charge in [-0.3, -0.25) is 4.68 Å². The number of hydrogen-bond donors (Lipinski definition) is 0. The van der Waals surface area contributed by atoms with Crippen molar-refractivity contribution in [1.82, 2.24) is 19.3 Å². The number of hydrogen-bond acceptors (Lipinski definition) is 3. The van der Waals surface area contributed by atoms with Gasteiger partial charge in [0, 0.05) is 35.0 Å². The SMILES string of the molecule is CCc1cc(C)cc(CC)c1-c1cnn(-c2[c-]c(Oc3[c-]c4c(cc3)c3ccccc3n4-c3cc(C)ccn3)cc(CC(C)C)c2)c1.[Pt+2]. The Morgan fingerprint density at radius 3 is 2.31 bits per heavy atom. The molecule has 0 bridgehead atoms. The molecule has 4 aromatic carbocycles. The quantitative estimate of drug-likeness (QED) is 0.136. The van der Waals surface area contributed by atoms with Crippen LogP contribution in [0.15, 0.2) is 91.4 Å². The van der Waals surface area contributed by atoms with Crippen molar-refractivity contribution in [1.29, 1.82) is 0 Å². The van der Waals surface area contributed by atoms with Gasteiger partial charge in [-0.1, -0.05) is 69.1 Å². The van der Waals surface area contributed by atoms with Crippen LogP contribution in [-0.2, 0) is 40.3 Å². The van der Waals surface area contributed by atoms with Crippen LogP contribution in [0.5, 0.6) is 11.5 Å². The van der Waals surface area contributed by atoms with Crippen molar-refractivity contribution in [3.05, 3.63) is 131 Å². The van der Waals surface area contributed by atoms with E-state index < -0.39 is 0 Å². The fourth-order valence-corrected chi connectivity index (χ4v) is 6.74. The second-order valence-corrected chi connectivity index (χ2v) is 12.9. The van der Waals surface area contributed by atoms with Gasteiger partial charge in [0.15, 0.2) is 0 Å². The van der Waals surface area contributed by atoms with Crippen LogP contribution in [0.4, 0.5) is 0 Å². The molecule has 0 radical (unpaired) electrons. The summed E-state index contributed by atoms with van der Waals surface area (Å²) in [6, 6.07) is 32.6. The molecule has 244 valence electrons. The van der Waals surface area contributed by atoms with Gasteiger partial charge < -0.3 is 9.30 Å². The second kappa shape index (κ2) is 13.9. The number of fused-ring (bicyclic) bond motifs is 3. The molecule has 0 N–H and O–H groups in total. The van der Waals surface area contributed by atoms with E-state index >= 15 is 0 Å². The number of aryl methyl sites for hydroxylation is 4. The largest absolute Gasteiger partial charge is 2.00 e. The Labute approximate surface area is 297 Å². The molecule has 0 saturated heterocycles. The zero-order valence-corrected chi connectivity index (χ0v) is 30.6. The summed E-state index contributed by atoms with van der Waals surface area (Å²) in [6.07, 6.45) is 8.83. The Hall–Kier alpha value is -4.47. The van der Waals surface area contributed by atoms with Crippen LogP contribution in [0.1, 0.15) is 55.5 Å². The molecule has 0 aliphatic rings. The Bertz CT molecular complexity index is 2220. The molecule has 3 aromatic heterocycles. The van der Waals surface area contributed by atoms with E-state index in [4.69, 9.17) is 14.8 Å². The first-order valence-electron chi connectivity index (χ1n) is 16.6. The molecule has 7 aromatic rings. The maximum atomic E-state index is 6.57. The zero-order chi connectivity index (χ0) is 32.7. The molecule has 0 aliphatic heterocycles. The van der Waals surface area contributed by atoms with Crippen molar-refractivity contribution in [2.45, 2.75) is 60.8 Å². The summed E-state index contributed by atoms with van der Waals surface area (Å²) in [5.41, 5.74) is 11.6. The molecule has 0 amide bonds. The van der Waals surface area contributed by atoms with Crippen LogP contribution >= 0.6 is 0 Å². The van der Waals surface area contributed by atoms with Gasteiger partial charge in [-0.05, 0) is 90.6 Å². The van der Waals surface area contributed by atoms with E-state index in [0.717, 1.165) is 63.7 Å². The third-order valence-electron chi connectivity index (χ3n) is 8.77. The normalized spacial score (nSPS) is 11.4. The Balaban J connectivity index is 0.00000401. The average molecular weight is 812 g/mol. The average Bonchev–Trinajstić information content (AvgIpc) is 3.67. The molecule has 6 heteroatoms. The predicted octanol–water partition coefficient (Wildman–Crippen LogP) is 10.4. The van der Waals surface area contributed by atoms with Crippen molar-refractivity contribution in [2.24, 2.45) is 5.92 Å². The van der Waals surface area contributed by atoms with Gasteiger partial charge in [0.1, 0.15) is 5.82 Å². The molecule has 48 heavy (non-hydrogen) atoms. The molecule has 0 fully saturated rings. The summed E-state index contributed by atoms with van der Waals surface area (Å²) in [5, 5.41) is 7.09. The molecule has 0 spiro atoms. The number of benzene rings is 4. The smallest absolute Gasteiger partial charge is 0.509 e. The van der Waals surface area contributed by atoms with Crippen molar-refractivity contribution in [2.75, 3.05) is 0 Å². The summed E-state index contributed by atoms with van der Waals surface area (Å²) in [4.78, 5) is 4.72. The Morgan fingerprint density at radius 2 is 1.58 bits per heavy atom. The van der Waals surface area contributed by atoms with Gasteiger partial charge >= 0.3 is 21.1 Å². The van der Waals surface area contributed by atoms with Crippen molar-refractivity contribution in [3.63, 3.8) is 0 Å². The maximum Gasteiger partial charge on any atom is 2.00 e. The maximum absolute atomic E-state index is 6.57. The fraction of sp³-hybridized carbons (Fsp3) is 0.238. The topological polar surface area (TPSA) is 44.9 Å². The van der Waals surface area contributed by atoms with Crippen LogP contribution in [0.2, 0.25) is 0 Å². The van der Waals surface area contributed by atoms with Crippen LogP contribution in [0.3, 0.4) is 0 Å². The van der Waals surface area contributed by atoms with E-state index in [1.165, 1.54) is 27.8 Å². The summed E-state index contributed by atoms with van der Waals surface area (Å²) < 4.78 is 10.7. The van der Waals surface area contributed by atoms with Crippen molar-refractivity contribution in [3.8, 4) is 34.1 Å². The fourth-order valence-electron chi connectivity index (χ4n) is 6.74. The first-order chi connectivity index (χ1) is 22.8. The van der Waals surface area contributed by atoms with Crippen LogP contribution in [-0.4, -0.2) is 19.3 Å². The first kappa shape index (κ1) is 33.4. The summed E-state index contributed by atoms with van der Waals surface area (Å²) in [7, 11) is 0. The first-order valence-corrected chi connectivity index (χ1v) is 16.6. The standard InChI is InChI=1S/C42H40N4O.Pt/c1-7-31-18-29(6)19-32(8-2)42(31)33-25-44-45(26-33)34-21-30(17-27(3)4)22-36(23-34)47-35-13-14-38-37-11-9-10-12-39(37)46(40(38)24-35)41-20-28(5)15-16-43-41;/h9-16,18-22,25-27H,7-8,17H2,1-6H3;/q-2;+2.